The van der Waals surface area contributed by atoms with E-state index in [-0.39, 0.29) is 11.8 Å². The molecule has 0 aliphatic carbocycles. The third kappa shape index (κ3) is 4.44. The van der Waals surface area contributed by atoms with E-state index < -0.39 is 9.84 Å². The minimum absolute atomic E-state index is 0.0240. The number of thiocarbonyl (C=S) groups is 1. The van der Waals surface area contributed by atoms with Crippen LogP contribution in [0.3, 0.4) is 0 Å². The van der Waals surface area contributed by atoms with Gasteiger partial charge in [-0.2, -0.15) is 0 Å². The van der Waals surface area contributed by atoms with Crippen LogP contribution in [-0.2, 0) is 16.4 Å². The van der Waals surface area contributed by atoms with Gasteiger partial charge in [-0.25, -0.2) is 8.42 Å². The standard InChI is InChI=1S/C19H19ClN2O2S2/c1-14-17(20)8-5-9-18(14)21-19(25)22(12-15-6-3-2-4-7-15)16-10-11-26(23,24)13-16/h2-11,16H,12-13H2,1H3,(H,21,25)/t16-/m1/s1. The molecule has 0 radical (unpaired) electrons. The van der Waals surface area contributed by atoms with E-state index in [4.69, 9.17) is 23.8 Å². The van der Waals surface area contributed by atoms with Crippen LogP contribution in [0.4, 0.5) is 5.69 Å². The molecule has 2 aromatic carbocycles. The lowest BCUT2D eigenvalue weighted by Crippen LogP contribution is -2.42. The number of benzene rings is 2. The second-order valence-electron chi connectivity index (χ2n) is 6.18. The smallest absolute Gasteiger partial charge is 0.174 e. The molecular formula is C19H19ClN2O2S2. The van der Waals surface area contributed by atoms with Crippen LogP contribution in [0.15, 0.2) is 60.0 Å². The van der Waals surface area contributed by atoms with E-state index in [2.05, 4.69) is 5.32 Å². The molecule has 3 rings (SSSR count). The molecule has 0 saturated carbocycles. The molecule has 0 fully saturated rings. The summed E-state index contributed by atoms with van der Waals surface area (Å²) in [6.07, 6.45) is 1.69. The summed E-state index contributed by atoms with van der Waals surface area (Å²) in [5.74, 6) is 0.0240. The number of halogens is 1. The monoisotopic (exact) mass is 406 g/mol. The van der Waals surface area contributed by atoms with Crippen LogP contribution < -0.4 is 5.32 Å². The predicted molar refractivity (Wildman–Crippen MR) is 111 cm³/mol. The number of anilines is 1. The summed E-state index contributed by atoms with van der Waals surface area (Å²) in [7, 11) is -3.18. The van der Waals surface area contributed by atoms with E-state index in [1.807, 2.05) is 60.4 Å². The van der Waals surface area contributed by atoms with Gasteiger partial charge in [0.1, 0.15) is 0 Å². The summed E-state index contributed by atoms with van der Waals surface area (Å²) in [5, 5.41) is 5.60. The zero-order valence-corrected chi connectivity index (χ0v) is 16.6. The topological polar surface area (TPSA) is 49.4 Å². The van der Waals surface area contributed by atoms with Crippen LogP contribution in [0.25, 0.3) is 0 Å². The van der Waals surface area contributed by atoms with Crippen molar-refractivity contribution >= 4 is 44.5 Å². The summed E-state index contributed by atoms with van der Waals surface area (Å²) < 4.78 is 23.8. The Morgan fingerprint density at radius 3 is 2.62 bits per heavy atom. The number of nitrogens with zero attached hydrogens (tertiary/aromatic N) is 1. The molecule has 1 atom stereocenters. The summed E-state index contributed by atoms with van der Waals surface area (Å²) in [6, 6.07) is 15.1. The van der Waals surface area contributed by atoms with Gasteiger partial charge in [0, 0.05) is 22.7 Å². The third-order valence-corrected chi connectivity index (χ3v) is 6.40. The molecule has 7 heteroatoms. The van der Waals surface area contributed by atoms with E-state index in [0.29, 0.717) is 16.7 Å². The Bertz CT molecular complexity index is 943. The summed E-state index contributed by atoms with van der Waals surface area (Å²) in [6.45, 7) is 2.42. The van der Waals surface area contributed by atoms with Gasteiger partial charge in [0.2, 0.25) is 0 Å². The lowest BCUT2D eigenvalue weighted by molar-refractivity contribution is 0.380. The second-order valence-corrected chi connectivity index (χ2v) is 8.91. The van der Waals surface area contributed by atoms with E-state index in [1.165, 1.54) is 5.41 Å². The van der Waals surface area contributed by atoms with E-state index in [1.54, 1.807) is 6.08 Å². The molecule has 0 amide bonds. The minimum Gasteiger partial charge on any atom is -0.337 e. The molecule has 0 spiro atoms. The van der Waals surface area contributed by atoms with Gasteiger partial charge in [-0.3, -0.25) is 0 Å². The average molecular weight is 407 g/mol. The zero-order chi connectivity index (χ0) is 18.7. The van der Waals surface area contributed by atoms with Gasteiger partial charge in [0.05, 0.1) is 11.8 Å². The van der Waals surface area contributed by atoms with Crippen LogP contribution in [-0.4, -0.2) is 30.2 Å². The maximum absolute atomic E-state index is 11.9. The number of sulfone groups is 1. The minimum atomic E-state index is -3.18. The molecule has 0 aromatic heterocycles. The van der Waals surface area contributed by atoms with Crippen LogP contribution in [0.1, 0.15) is 11.1 Å². The molecule has 136 valence electrons. The van der Waals surface area contributed by atoms with Gasteiger partial charge in [-0.05, 0) is 48.5 Å². The first-order valence-corrected chi connectivity index (χ1v) is 10.6. The molecule has 0 bridgehead atoms. The maximum Gasteiger partial charge on any atom is 0.174 e. The van der Waals surface area contributed by atoms with Crippen molar-refractivity contribution in [3.63, 3.8) is 0 Å². The number of nitrogens with one attached hydrogen (secondary N) is 1. The van der Waals surface area contributed by atoms with Gasteiger partial charge < -0.3 is 10.2 Å². The van der Waals surface area contributed by atoms with Crippen molar-refractivity contribution in [3.05, 3.63) is 76.2 Å². The largest absolute Gasteiger partial charge is 0.337 e. The van der Waals surface area contributed by atoms with Crippen molar-refractivity contribution in [1.82, 2.24) is 4.90 Å². The molecule has 2 aromatic rings. The summed E-state index contributed by atoms with van der Waals surface area (Å²) >= 11 is 11.8. The Labute approximate surface area is 164 Å². The van der Waals surface area contributed by atoms with Crippen molar-refractivity contribution in [2.75, 3.05) is 11.1 Å². The first-order chi connectivity index (χ1) is 12.4. The summed E-state index contributed by atoms with van der Waals surface area (Å²) in [5.41, 5.74) is 2.76. The van der Waals surface area contributed by atoms with Gasteiger partial charge in [-0.15, -0.1) is 0 Å². The van der Waals surface area contributed by atoms with Gasteiger partial charge in [-0.1, -0.05) is 48.0 Å². The average Bonchev–Trinajstić information content (AvgIpc) is 2.97. The van der Waals surface area contributed by atoms with Crippen molar-refractivity contribution in [3.8, 4) is 0 Å². The van der Waals surface area contributed by atoms with Crippen molar-refractivity contribution in [1.29, 1.82) is 0 Å². The molecule has 1 heterocycles. The van der Waals surface area contributed by atoms with Crippen LogP contribution in [0.5, 0.6) is 0 Å². The first kappa shape index (κ1) is 18.9. The Morgan fingerprint density at radius 2 is 1.96 bits per heavy atom. The lowest BCUT2D eigenvalue weighted by atomic mass is 10.2. The fraction of sp³-hybridized carbons (Fsp3) is 0.211. The molecular weight excluding hydrogens is 388 g/mol. The number of hydrogen-bond donors (Lipinski definition) is 1. The van der Waals surface area contributed by atoms with E-state index in [0.717, 1.165) is 16.8 Å². The Kier molecular flexibility index (Phi) is 5.65. The normalized spacial score (nSPS) is 17.8. The fourth-order valence-electron chi connectivity index (χ4n) is 2.80. The highest BCUT2D eigenvalue weighted by Gasteiger charge is 2.29. The van der Waals surface area contributed by atoms with Crippen LogP contribution >= 0.6 is 23.8 Å². The highest BCUT2D eigenvalue weighted by atomic mass is 35.5. The van der Waals surface area contributed by atoms with E-state index in [9.17, 15) is 8.42 Å². The lowest BCUT2D eigenvalue weighted by Gasteiger charge is -2.31. The Morgan fingerprint density at radius 1 is 1.23 bits per heavy atom. The zero-order valence-electron chi connectivity index (χ0n) is 14.2. The molecule has 26 heavy (non-hydrogen) atoms. The molecule has 1 aliphatic heterocycles. The van der Waals surface area contributed by atoms with Gasteiger partial charge in [0.15, 0.2) is 14.9 Å². The quantitative estimate of drug-likeness (QED) is 0.772. The van der Waals surface area contributed by atoms with Crippen LogP contribution in [0.2, 0.25) is 5.02 Å². The first-order valence-electron chi connectivity index (χ1n) is 8.13. The Hall–Kier alpha value is -1.89. The third-order valence-electron chi connectivity index (χ3n) is 4.28. The molecule has 4 nitrogen and oxygen atoms in total. The highest BCUT2D eigenvalue weighted by Crippen LogP contribution is 2.25. The highest BCUT2D eigenvalue weighted by molar-refractivity contribution is 7.94. The fourth-order valence-corrected chi connectivity index (χ4v) is 4.59. The van der Waals surface area contributed by atoms with E-state index >= 15 is 0 Å². The number of rotatable bonds is 4. The predicted octanol–water partition coefficient (Wildman–Crippen LogP) is 4.16. The van der Waals surface area contributed by atoms with Gasteiger partial charge >= 0.3 is 0 Å². The van der Waals surface area contributed by atoms with Crippen LogP contribution in [0, 0.1) is 6.92 Å². The van der Waals surface area contributed by atoms with Crippen molar-refractivity contribution in [2.24, 2.45) is 0 Å². The maximum atomic E-state index is 11.9. The number of hydrogen-bond acceptors (Lipinski definition) is 3. The van der Waals surface area contributed by atoms with Crippen molar-refractivity contribution < 1.29 is 8.42 Å². The molecule has 0 unspecified atom stereocenters. The second kappa shape index (κ2) is 7.78. The summed E-state index contributed by atoms with van der Waals surface area (Å²) in [4.78, 5) is 1.89. The van der Waals surface area contributed by atoms with Gasteiger partial charge in [0.25, 0.3) is 0 Å². The SMILES string of the molecule is Cc1c(Cl)cccc1NC(=S)N(Cc1ccccc1)[C@@H]1C=CS(=O)(=O)C1. The Balaban J connectivity index is 1.86. The van der Waals surface area contributed by atoms with Crippen molar-refractivity contribution in [2.45, 2.75) is 19.5 Å². The molecule has 1 aliphatic rings. The molecule has 1 N–H and O–H groups in total. The molecule has 0 saturated heterocycles.